The number of ether oxygens (including phenoxy) is 2. The van der Waals surface area contributed by atoms with Gasteiger partial charge in [0.25, 0.3) is 0 Å². The second kappa shape index (κ2) is 5.80. The molecule has 0 saturated carbocycles. The molecule has 0 radical (unpaired) electrons. The van der Waals surface area contributed by atoms with Crippen LogP contribution >= 0.6 is 11.6 Å². The van der Waals surface area contributed by atoms with Crippen molar-refractivity contribution in [3.8, 4) is 5.88 Å². The fourth-order valence-electron chi connectivity index (χ4n) is 0.918. The highest BCUT2D eigenvalue weighted by Gasteiger charge is 2.01. The van der Waals surface area contributed by atoms with Crippen molar-refractivity contribution in [3.63, 3.8) is 0 Å². The zero-order valence-electron chi connectivity index (χ0n) is 7.86. The van der Waals surface area contributed by atoms with Crippen LogP contribution in [0.3, 0.4) is 0 Å². The van der Waals surface area contributed by atoms with Crippen LogP contribution in [0.25, 0.3) is 0 Å². The maximum Gasteiger partial charge on any atom is 0.215 e. The molecule has 0 saturated heterocycles. The van der Waals surface area contributed by atoms with Gasteiger partial charge in [0.15, 0.2) is 0 Å². The molecule has 0 aromatic carbocycles. The summed E-state index contributed by atoms with van der Waals surface area (Å²) in [5.74, 6) is 0.401. The molecule has 0 aliphatic heterocycles. The van der Waals surface area contributed by atoms with Gasteiger partial charge in [-0.3, -0.25) is 0 Å². The van der Waals surface area contributed by atoms with Crippen molar-refractivity contribution in [1.29, 1.82) is 0 Å². The fourth-order valence-corrected chi connectivity index (χ4v) is 1.14. The zero-order chi connectivity index (χ0) is 10.4. The van der Waals surface area contributed by atoms with E-state index in [1.54, 1.807) is 19.2 Å². The Hall–Kier alpha value is -0.840. The Morgan fingerprint density at radius 2 is 2.21 bits per heavy atom. The highest BCUT2D eigenvalue weighted by molar-refractivity contribution is 6.29. The average molecular weight is 218 g/mol. The van der Waals surface area contributed by atoms with E-state index in [9.17, 15) is 0 Å². The van der Waals surface area contributed by atoms with E-state index in [1.807, 2.05) is 0 Å². The van der Waals surface area contributed by atoms with Crippen LogP contribution in [0.2, 0.25) is 5.15 Å². The van der Waals surface area contributed by atoms with Crippen molar-refractivity contribution in [2.45, 2.75) is 6.61 Å². The number of hydrogen-bond acceptors (Lipinski definition) is 4. The van der Waals surface area contributed by atoms with E-state index in [2.05, 4.69) is 4.98 Å². The Labute approximate surface area is 87.4 Å². The van der Waals surface area contributed by atoms with Gasteiger partial charge in [0.05, 0.1) is 13.2 Å². The van der Waals surface area contributed by atoms with Gasteiger partial charge in [0, 0.05) is 13.2 Å². The highest BCUT2D eigenvalue weighted by atomic mass is 35.5. The lowest BCUT2D eigenvalue weighted by atomic mass is 10.3. The van der Waals surface area contributed by atoms with Gasteiger partial charge in [-0.05, 0) is 11.6 Å². The average Bonchev–Trinajstić information content (AvgIpc) is 2.17. The molecule has 0 spiro atoms. The zero-order valence-corrected chi connectivity index (χ0v) is 8.62. The number of pyridine rings is 1. The van der Waals surface area contributed by atoms with Gasteiger partial charge in [0.1, 0.15) is 11.8 Å². The summed E-state index contributed by atoms with van der Waals surface area (Å²) >= 11 is 5.71. The van der Waals surface area contributed by atoms with Crippen LogP contribution < -0.4 is 4.74 Å². The molecule has 4 nitrogen and oxygen atoms in total. The lowest BCUT2D eigenvalue weighted by molar-refractivity contribution is 0.143. The van der Waals surface area contributed by atoms with Crippen LogP contribution in [-0.2, 0) is 11.3 Å². The maximum atomic E-state index is 8.89. The summed E-state index contributed by atoms with van der Waals surface area (Å²) in [6.45, 7) is 0.820. The maximum absolute atomic E-state index is 8.89. The summed E-state index contributed by atoms with van der Waals surface area (Å²) < 4.78 is 10.1. The Morgan fingerprint density at radius 3 is 2.86 bits per heavy atom. The first kappa shape index (κ1) is 11.2. The quantitative estimate of drug-likeness (QED) is 0.596. The van der Waals surface area contributed by atoms with E-state index in [-0.39, 0.29) is 6.61 Å². The molecule has 0 aliphatic rings. The number of aliphatic hydroxyl groups is 1. The largest absolute Gasteiger partial charge is 0.475 e. The Morgan fingerprint density at radius 1 is 1.43 bits per heavy atom. The van der Waals surface area contributed by atoms with Crippen LogP contribution in [0, 0.1) is 0 Å². The number of aromatic nitrogens is 1. The molecule has 0 atom stereocenters. The summed E-state index contributed by atoms with van der Waals surface area (Å²) in [6, 6.07) is 3.23. The summed E-state index contributed by atoms with van der Waals surface area (Å²) in [5, 5.41) is 9.20. The Kier molecular flexibility index (Phi) is 4.65. The number of rotatable bonds is 5. The Balaban J connectivity index is 2.62. The monoisotopic (exact) mass is 217 g/mol. The smallest absolute Gasteiger partial charge is 0.215 e. The molecule has 0 unspecified atom stereocenters. The number of nitrogens with zero attached hydrogens (tertiary/aromatic N) is 1. The van der Waals surface area contributed by atoms with E-state index in [0.717, 1.165) is 0 Å². The number of methoxy groups -OCH3 is 1. The van der Waals surface area contributed by atoms with Crippen LogP contribution in [0.4, 0.5) is 0 Å². The third kappa shape index (κ3) is 3.49. The van der Waals surface area contributed by atoms with E-state index in [4.69, 9.17) is 26.2 Å². The normalized spacial score (nSPS) is 10.2. The van der Waals surface area contributed by atoms with Gasteiger partial charge in [-0.15, -0.1) is 0 Å². The number of aliphatic hydroxyl groups excluding tert-OH is 1. The number of hydrogen-bond donors (Lipinski definition) is 1. The molecule has 1 rings (SSSR count). The van der Waals surface area contributed by atoms with Gasteiger partial charge >= 0.3 is 0 Å². The summed E-state index contributed by atoms with van der Waals surface area (Å²) in [7, 11) is 1.59. The van der Waals surface area contributed by atoms with Crippen molar-refractivity contribution in [2.24, 2.45) is 0 Å². The Bertz CT molecular complexity index is 293. The van der Waals surface area contributed by atoms with E-state index in [0.29, 0.717) is 29.8 Å². The summed E-state index contributed by atoms with van der Waals surface area (Å²) in [6.07, 6.45) is 0. The van der Waals surface area contributed by atoms with Gasteiger partial charge in [0.2, 0.25) is 5.88 Å². The second-order valence-corrected chi connectivity index (χ2v) is 3.02. The molecule has 78 valence electrons. The minimum atomic E-state index is -0.0805. The SMILES string of the molecule is COCCOc1cc(CO)cc(Cl)n1. The van der Waals surface area contributed by atoms with E-state index in [1.165, 1.54) is 0 Å². The van der Waals surface area contributed by atoms with Crippen LogP contribution in [0.1, 0.15) is 5.56 Å². The van der Waals surface area contributed by atoms with Crippen molar-refractivity contribution >= 4 is 11.6 Å². The van der Waals surface area contributed by atoms with Crippen molar-refractivity contribution in [1.82, 2.24) is 4.98 Å². The molecule has 14 heavy (non-hydrogen) atoms. The first-order valence-corrected chi connectivity index (χ1v) is 4.53. The molecule has 0 fully saturated rings. The van der Waals surface area contributed by atoms with Crippen molar-refractivity contribution in [2.75, 3.05) is 20.3 Å². The first-order chi connectivity index (χ1) is 6.76. The predicted octanol–water partition coefficient (Wildman–Crippen LogP) is 1.25. The molecular weight excluding hydrogens is 206 g/mol. The lowest BCUT2D eigenvalue weighted by Gasteiger charge is -2.06. The molecule has 0 bridgehead atoms. The third-order valence-corrected chi connectivity index (χ3v) is 1.74. The van der Waals surface area contributed by atoms with Crippen molar-refractivity contribution in [3.05, 3.63) is 22.8 Å². The van der Waals surface area contributed by atoms with Gasteiger partial charge in [-0.1, -0.05) is 11.6 Å². The highest BCUT2D eigenvalue weighted by Crippen LogP contribution is 2.16. The molecule has 1 aromatic heterocycles. The van der Waals surface area contributed by atoms with Crippen LogP contribution in [0.15, 0.2) is 12.1 Å². The molecule has 1 N–H and O–H groups in total. The van der Waals surface area contributed by atoms with Gasteiger partial charge in [-0.2, -0.15) is 0 Å². The molecule has 5 heteroatoms. The van der Waals surface area contributed by atoms with Crippen molar-refractivity contribution < 1.29 is 14.6 Å². The fraction of sp³-hybridized carbons (Fsp3) is 0.444. The van der Waals surface area contributed by atoms with E-state index >= 15 is 0 Å². The minimum absolute atomic E-state index is 0.0805. The summed E-state index contributed by atoms with van der Waals surface area (Å²) in [4.78, 5) is 3.93. The number of halogens is 1. The standard InChI is InChI=1S/C9H12ClNO3/c1-13-2-3-14-9-5-7(6-12)4-8(10)11-9/h4-5,12H,2-3,6H2,1H3. The third-order valence-electron chi connectivity index (χ3n) is 1.55. The molecule has 0 aliphatic carbocycles. The van der Waals surface area contributed by atoms with Gasteiger partial charge < -0.3 is 14.6 Å². The predicted molar refractivity (Wildman–Crippen MR) is 52.5 cm³/mol. The van der Waals surface area contributed by atoms with Crippen LogP contribution in [0.5, 0.6) is 5.88 Å². The molecular formula is C9H12ClNO3. The van der Waals surface area contributed by atoms with Gasteiger partial charge in [-0.25, -0.2) is 4.98 Å². The first-order valence-electron chi connectivity index (χ1n) is 4.15. The van der Waals surface area contributed by atoms with Crippen LogP contribution in [-0.4, -0.2) is 30.4 Å². The lowest BCUT2D eigenvalue weighted by Crippen LogP contribution is -2.05. The molecule has 1 aromatic rings. The second-order valence-electron chi connectivity index (χ2n) is 2.64. The minimum Gasteiger partial charge on any atom is -0.475 e. The topological polar surface area (TPSA) is 51.6 Å². The molecule has 1 heterocycles. The summed E-state index contributed by atoms with van der Waals surface area (Å²) in [5.41, 5.74) is 0.678. The van der Waals surface area contributed by atoms with E-state index < -0.39 is 0 Å². The molecule has 0 amide bonds.